The SMILES string of the molecule is C1=C(c2ccc3oc4ccccc4c3c2-n2c3ccccc3c3cc4ccccc4cc32)N=C(c2cccc(-c3ccccc3)c2)N=C2c3cccc4c5ccccc5n(c34)-c3ccccc3C2C1. The van der Waals surface area contributed by atoms with Crippen LogP contribution in [0, 0.1) is 0 Å². The van der Waals surface area contributed by atoms with E-state index in [9.17, 15) is 0 Å². The average Bonchev–Trinajstić information content (AvgIpc) is 4.04. The van der Waals surface area contributed by atoms with E-state index in [-0.39, 0.29) is 5.92 Å². The van der Waals surface area contributed by atoms with E-state index >= 15 is 0 Å². The van der Waals surface area contributed by atoms with Gasteiger partial charge in [-0.1, -0.05) is 170 Å². The van der Waals surface area contributed by atoms with Gasteiger partial charge in [0.05, 0.1) is 50.2 Å². The highest BCUT2D eigenvalue weighted by molar-refractivity contribution is 6.25. The quantitative estimate of drug-likeness (QED) is 0.174. The van der Waals surface area contributed by atoms with E-state index in [2.05, 4.69) is 234 Å². The van der Waals surface area contributed by atoms with Crippen molar-refractivity contribution in [1.29, 1.82) is 0 Å². The molecule has 1 atom stereocenters. The Labute approximate surface area is 396 Å². The molecule has 322 valence electrons. The van der Waals surface area contributed by atoms with Gasteiger partial charge in [-0.25, -0.2) is 9.98 Å². The van der Waals surface area contributed by atoms with E-state index < -0.39 is 0 Å². The zero-order valence-corrected chi connectivity index (χ0v) is 37.3. The molecule has 0 saturated heterocycles. The number of amidine groups is 1. The minimum atomic E-state index is -0.0928. The molecular weight excluding hydrogens is 841 g/mol. The molecular formula is C64H40N4O. The minimum Gasteiger partial charge on any atom is -0.456 e. The van der Waals surface area contributed by atoms with Gasteiger partial charge < -0.3 is 13.6 Å². The molecule has 0 spiro atoms. The Hall–Kier alpha value is -9.06. The summed E-state index contributed by atoms with van der Waals surface area (Å²) in [5, 5.41) is 9.34. The van der Waals surface area contributed by atoms with E-state index in [0.29, 0.717) is 12.3 Å². The Kier molecular flexibility index (Phi) is 8.13. The number of hydrogen-bond donors (Lipinski definition) is 0. The number of rotatable bonds is 4. The van der Waals surface area contributed by atoms with Gasteiger partial charge in [0.2, 0.25) is 0 Å². The van der Waals surface area contributed by atoms with Gasteiger partial charge in [0.1, 0.15) is 11.2 Å². The number of benzene rings is 10. The monoisotopic (exact) mass is 880 g/mol. The first-order valence-electron chi connectivity index (χ1n) is 23.8. The van der Waals surface area contributed by atoms with Gasteiger partial charge in [0, 0.05) is 49.5 Å². The summed E-state index contributed by atoms with van der Waals surface area (Å²) in [6, 6.07) is 78.7. The molecule has 69 heavy (non-hydrogen) atoms. The van der Waals surface area contributed by atoms with E-state index in [1.807, 2.05) is 0 Å². The zero-order chi connectivity index (χ0) is 45.2. The second-order valence-corrected chi connectivity index (χ2v) is 18.4. The first-order chi connectivity index (χ1) is 34.2. The summed E-state index contributed by atoms with van der Waals surface area (Å²) in [4.78, 5) is 11.7. The van der Waals surface area contributed by atoms with Crippen LogP contribution in [0.15, 0.2) is 239 Å². The van der Waals surface area contributed by atoms with Gasteiger partial charge in [-0.05, 0) is 88.5 Å². The fraction of sp³-hybridized carbons (Fsp3) is 0.0312. The predicted octanol–water partition coefficient (Wildman–Crippen LogP) is 16.4. The lowest BCUT2D eigenvalue weighted by Gasteiger charge is -2.23. The summed E-state index contributed by atoms with van der Waals surface area (Å²) in [6.45, 7) is 0. The highest BCUT2D eigenvalue weighted by Crippen LogP contribution is 2.47. The number of allylic oxidation sites excluding steroid dienone is 1. The Balaban J connectivity index is 1.06. The predicted molar refractivity (Wildman–Crippen MR) is 287 cm³/mol. The molecule has 0 radical (unpaired) electrons. The summed E-state index contributed by atoms with van der Waals surface area (Å²) in [7, 11) is 0. The number of para-hydroxylation sites is 5. The maximum absolute atomic E-state index is 6.73. The number of aromatic nitrogens is 2. The van der Waals surface area contributed by atoms with Crippen LogP contribution in [0.25, 0.3) is 105 Å². The highest BCUT2D eigenvalue weighted by Gasteiger charge is 2.33. The average molecular weight is 881 g/mol. The van der Waals surface area contributed by atoms with Crippen LogP contribution in [-0.2, 0) is 0 Å². The van der Waals surface area contributed by atoms with E-state index in [1.165, 1.54) is 54.6 Å². The zero-order valence-electron chi connectivity index (χ0n) is 37.3. The summed E-state index contributed by atoms with van der Waals surface area (Å²) >= 11 is 0. The van der Waals surface area contributed by atoms with Crippen LogP contribution in [0.4, 0.5) is 0 Å². The number of hydrogen-bond acceptors (Lipinski definition) is 3. The molecule has 0 aliphatic carbocycles. The van der Waals surface area contributed by atoms with Crippen LogP contribution < -0.4 is 0 Å². The van der Waals surface area contributed by atoms with Crippen LogP contribution in [0.3, 0.4) is 0 Å². The normalized spacial score (nSPS) is 14.7. The molecule has 5 heterocycles. The third-order valence-corrected chi connectivity index (χ3v) is 14.6. The highest BCUT2D eigenvalue weighted by atomic mass is 16.3. The lowest BCUT2D eigenvalue weighted by molar-refractivity contribution is 0.669. The maximum atomic E-state index is 6.73. The lowest BCUT2D eigenvalue weighted by Crippen LogP contribution is -2.18. The van der Waals surface area contributed by atoms with Crippen LogP contribution in [0.5, 0.6) is 0 Å². The number of nitrogens with zero attached hydrogens (tertiary/aromatic N) is 4. The molecule has 0 N–H and O–H groups in total. The number of aliphatic imine (C=N–C) groups is 2. The fourth-order valence-electron chi connectivity index (χ4n) is 11.6. The Morgan fingerprint density at radius 1 is 0.435 bits per heavy atom. The van der Waals surface area contributed by atoms with Gasteiger partial charge in [0.25, 0.3) is 0 Å². The molecule has 2 aliphatic heterocycles. The summed E-state index contributed by atoms with van der Waals surface area (Å²) < 4.78 is 11.7. The van der Waals surface area contributed by atoms with E-state index in [4.69, 9.17) is 14.4 Å². The molecule has 10 aromatic carbocycles. The molecule has 0 saturated carbocycles. The number of fused-ring (bicyclic) bond motifs is 15. The van der Waals surface area contributed by atoms with Crippen molar-refractivity contribution in [3.63, 3.8) is 0 Å². The first-order valence-corrected chi connectivity index (χ1v) is 23.8. The van der Waals surface area contributed by atoms with Gasteiger partial charge >= 0.3 is 0 Å². The van der Waals surface area contributed by atoms with Crippen LogP contribution >= 0.6 is 0 Å². The first kappa shape index (κ1) is 38.1. The molecule has 5 nitrogen and oxygen atoms in total. The standard InChI is InChI=1S/C64H40N4O/c1-2-16-39(17-3-1)40-20-14-21-43(36-40)64-65-53(34-32-47-44-22-6-10-28-54(44)67-55-29-11-7-23-45(55)48-26-15-27-51(62(48)67)61(47)66-64)49-33-35-59-60(50-25-9-13-31-58(50)69-59)63(49)68-56-30-12-8-24-46(56)52-37-41-18-4-5-19-42(41)38-57(52)68/h1-31,33-38,47H,32H2. The molecule has 3 aromatic heterocycles. The summed E-state index contributed by atoms with van der Waals surface area (Å²) in [6.07, 6.45) is 3.05. The fourth-order valence-corrected chi connectivity index (χ4v) is 11.6. The molecule has 0 fully saturated rings. The Bertz CT molecular complexity index is 4410. The number of furan rings is 1. The summed E-state index contributed by atoms with van der Waals surface area (Å²) in [5.41, 5.74) is 16.9. The van der Waals surface area contributed by atoms with Crippen molar-refractivity contribution in [2.24, 2.45) is 9.98 Å². The van der Waals surface area contributed by atoms with Crippen molar-refractivity contribution in [3.05, 3.63) is 247 Å². The van der Waals surface area contributed by atoms with Crippen molar-refractivity contribution in [2.75, 3.05) is 0 Å². The Morgan fingerprint density at radius 3 is 1.97 bits per heavy atom. The van der Waals surface area contributed by atoms with Crippen LogP contribution in [-0.4, -0.2) is 20.7 Å². The Morgan fingerprint density at radius 2 is 1.10 bits per heavy atom. The van der Waals surface area contributed by atoms with Crippen molar-refractivity contribution in [1.82, 2.24) is 9.13 Å². The van der Waals surface area contributed by atoms with Gasteiger partial charge in [-0.2, -0.15) is 0 Å². The van der Waals surface area contributed by atoms with Crippen molar-refractivity contribution in [3.8, 4) is 22.5 Å². The molecule has 0 bridgehead atoms. The third-order valence-electron chi connectivity index (χ3n) is 14.6. The topological polar surface area (TPSA) is 47.7 Å². The summed E-state index contributed by atoms with van der Waals surface area (Å²) in [5.74, 6) is 0.568. The third kappa shape index (κ3) is 5.65. The van der Waals surface area contributed by atoms with Crippen molar-refractivity contribution in [2.45, 2.75) is 12.3 Å². The lowest BCUT2D eigenvalue weighted by atomic mass is 9.85. The molecule has 13 aromatic rings. The largest absolute Gasteiger partial charge is 0.456 e. The maximum Gasteiger partial charge on any atom is 0.160 e. The van der Waals surface area contributed by atoms with Crippen LogP contribution in [0.1, 0.15) is 34.6 Å². The van der Waals surface area contributed by atoms with Gasteiger partial charge in [0.15, 0.2) is 5.84 Å². The van der Waals surface area contributed by atoms with E-state index in [0.717, 1.165) is 77.9 Å². The second kappa shape index (κ2) is 14.7. The smallest absolute Gasteiger partial charge is 0.160 e. The van der Waals surface area contributed by atoms with Gasteiger partial charge in [-0.3, -0.25) is 0 Å². The second-order valence-electron chi connectivity index (χ2n) is 18.4. The molecule has 0 amide bonds. The molecule has 2 aliphatic rings. The van der Waals surface area contributed by atoms with E-state index in [1.54, 1.807) is 0 Å². The molecule has 15 rings (SSSR count). The van der Waals surface area contributed by atoms with Crippen molar-refractivity contribution < 1.29 is 4.42 Å². The minimum absolute atomic E-state index is 0.0928. The van der Waals surface area contributed by atoms with Crippen LogP contribution in [0.2, 0.25) is 0 Å². The molecule has 1 unspecified atom stereocenters. The van der Waals surface area contributed by atoms with Crippen molar-refractivity contribution >= 4 is 93.6 Å². The van der Waals surface area contributed by atoms with Gasteiger partial charge in [-0.15, -0.1) is 0 Å². The molecule has 5 heteroatoms.